The molecule has 0 atom stereocenters. The normalized spacial score (nSPS) is 18.7. The van der Waals surface area contributed by atoms with E-state index in [0.29, 0.717) is 23.3 Å². The van der Waals surface area contributed by atoms with Crippen LogP contribution in [0.3, 0.4) is 0 Å². The van der Waals surface area contributed by atoms with Crippen molar-refractivity contribution in [3.63, 3.8) is 0 Å². The molecule has 2 saturated carbocycles. The van der Waals surface area contributed by atoms with Gasteiger partial charge in [-0.2, -0.15) is 0 Å². The summed E-state index contributed by atoms with van der Waals surface area (Å²) in [5.74, 6) is 1.07. The molecule has 2 aliphatic carbocycles. The van der Waals surface area contributed by atoms with Crippen LogP contribution < -0.4 is 5.73 Å². The number of carbonyl (C=O) groups is 1. The number of anilines is 1. The zero-order valence-corrected chi connectivity index (χ0v) is 11.7. The highest BCUT2D eigenvalue weighted by molar-refractivity contribution is 9.10. The minimum atomic E-state index is 0.0377. The summed E-state index contributed by atoms with van der Waals surface area (Å²) in [5, 5.41) is 0. The van der Waals surface area contributed by atoms with Gasteiger partial charge in [-0.3, -0.25) is 4.79 Å². The second kappa shape index (κ2) is 4.53. The van der Waals surface area contributed by atoms with Crippen LogP contribution in [0.2, 0.25) is 0 Å². The second-order valence-electron chi connectivity index (χ2n) is 5.22. The van der Waals surface area contributed by atoms with Gasteiger partial charge in [0.2, 0.25) is 0 Å². The minimum absolute atomic E-state index is 0.0377. The van der Waals surface area contributed by atoms with Crippen molar-refractivity contribution in [3.05, 3.63) is 22.3 Å². The van der Waals surface area contributed by atoms with Crippen molar-refractivity contribution in [1.29, 1.82) is 0 Å². The van der Waals surface area contributed by atoms with E-state index >= 15 is 0 Å². The molecule has 1 aromatic heterocycles. The lowest BCUT2D eigenvalue weighted by atomic mass is 10.2. The summed E-state index contributed by atoms with van der Waals surface area (Å²) in [5.41, 5.74) is 6.34. The third-order valence-corrected chi connectivity index (χ3v) is 3.95. The van der Waals surface area contributed by atoms with Crippen LogP contribution in [0.15, 0.2) is 16.7 Å². The number of hydrogen-bond donors (Lipinski definition) is 1. The van der Waals surface area contributed by atoms with Crippen molar-refractivity contribution in [2.75, 3.05) is 12.3 Å². The number of aromatic nitrogens is 1. The van der Waals surface area contributed by atoms with Gasteiger partial charge in [0, 0.05) is 23.3 Å². The zero-order chi connectivity index (χ0) is 12.7. The molecule has 0 spiro atoms. The predicted molar refractivity (Wildman–Crippen MR) is 73.1 cm³/mol. The maximum absolute atomic E-state index is 12.5. The molecule has 0 aromatic carbocycles. The molecule has 2 fully saturated rings. The van der Waals surface area contributed by atoms with Gasteiger partial charge in [-0.25, -0.2) is 4.98 Å². The first-order chi connectivity index (χ1) is 8.65. The van der Waals surface area contributed by atoms with Crippen LogP contribution in [0.1, 0.15) is 36.0 Å². The highest BCUT2D eigenvalue weighted by atomic mass is 79.9. The Bertz CT molecular complexity index is 483. The average Bonchev–Trinajstić information content (AvgIpc) is 3.21. The minimum Gasteiger partial charge on any atom is -0.383 e. The van der Waals surface area contributed by atoms with Crippen LogP contribution in [0.4, 0.5) is 5.82 Å². The van der Waals surface area contributed by atoms with E-state index in [4.69, 9.17) is 5.73 Å². The van der Waals surface area contributed by atoms with Crippen LogP contribution in [0.5, 0.6) is 0 Å². The summed E-state index contributed by atoms with van der Waals surface area (Å²) in [7, 11) is 0. The topological polar surface area (TPSA) is 59.2 Å². The largest absolute Gasteiger partial charge is 0.383 e. The van der Waals surface area contributed by atoms with Crippen molar-refractivity contribution in [3.8, 4) is 0 Å². The van der Waals surface area contributed by atoms with E-state index < -0.39 is 0 Å². The first-order valence-electron chi connectivity index (χ1n) is 6.37. The highest BCUT2D eigenvalue weighted by Crippen LogP contribution is 2.36. The lowest BCUT2D eigenvalue weighted by Crippen LogP contribution is -2.35. The van der Waals surface area contributed by atoms with Crippen LogP contribution in [-0.2, 0) is 0 Å². The van der Waals surface area contributed by atoms with Crippen molar-refractivity contribution in [2.24, 2.45) is 5.92 Å². The molecule has 1 heterocycles. The molecule has 2 N–H and O–H groups in total. The number of carbonyl (C=O) groups excluding carboxylic acids is 1. The van der Waals surface area contributed by atoms with Gasteiger partial charge < -0.3 is 10.6 Å². The van der Waals surface area contributed by atoms with Crippen molar-refractivity contribution >= 4 is 27.7 Å². The van der Waals surface area contributed by atoms with Gasteiger partial charge in [0.25, 0.3) is 5.91 Å². The molecule has 0 saturated heterocycles. The zero-order valence-electron chi connectivity index (χ0n) is 10.1. The number of halogens is 1. The number of rotatable bonds is 4. The molecule has 4 nitrogen and oxygen atoms in total. The number of pyridine rings is 1. The van der Waals surface area contributed by atoms with Gasteiger partial charge in [0.15, 0.2) is 0 Å². The van der Waals surface area contributed by atoms with Gasteiger partial charge in [-0.1, -0.05) is 0 Å². The number of nitrogens with two attached hydrogens (primary N) is 1. The average molecular weight is 310 g/mol. The molecule has 5 heteroatoms. The molecule has 2 aliphatic rings. The highest BCUT2D eigenvalue weighted by Gasteiger charge is 2.37. The van der Waals surface area contributed by atoms with E-state index in [1.165, 1.54) is 12.8 Å². The Morgan fingerprint density at radius 1 is 1.44 bits per heavy atom. The summed E-state index contributed by atoms with van der Waals surface area (Å²) in [6.45, 7) is 0.884. The Labute approximate surface area is 115 Å². The van der Waals surface area contributed by atoms with E-state index in [9.17, 15) is 4.79 Å². The smallest absolute Gasteiger partial charge is 0.257 e. The van der Waals surface area contributed by atoms with E-state index in [0.717, 1.165) is 23.9 Å². The molecule has 96 valence electrons. The Morgan fingerprint density at radius 2 is 2.17 bits per heavy atom. The fraction of sp³-hybridized carbons (Fsp3) is 0.538. The van der Waals surface area contributed by atoms with E-state index in [1.54, 1.807) is 12.3 Å². The summed E-state index contributed by atoms with van der Waals surface area (Å²) < 4.78 is 0.794. The number of hydrogen-bond acceptors (Lipinski definition) is 3. The summed E-state index contributed by atoms with van der Waals surface area (Å²) >= 11 is 3.34. The molecule has 0 unspecified atom stereocenters. The fourth-order valence-corrected chi connectivity index (χ4v) is 2.47. The molecule has 3 rings (SSSR count). The van der Waals surface area contributed by atoms with Gasteiger partial charge in [0.05, 0.1) is 5.56 Å². The summed E-state index contributed by atoms with van der Waals surface area (Å²) in [6.07, 6.45) is 6.37. The maximum Gasteiger partial charge on any atom is 0.257 e. The molecule has 0 radical (unpaired) electrons. The van der Waals surface area contributed by atoms with E-state index in [-0.39, 0.29) is 5.91 Å². The fourth-order valence-electron chi connectivity index (χ4n) is 2.14. The molecule has 1 aromatic rings. The van der Waals surface area contributed by atoms with Crippen molar-refractivity contribution < 1.29 is 4.79 Å². The summed E-state index contributed by atoms with van der Waals surface area (Å²) in [4.78, 5) is 18.6. The molecular formula is C13H16BrN3O. The molecule has 0 aliphatic heterocycles. The SMILES string of the molecule is Nc1ncc(Br)cc1C(=O)N(CC1CC1)C1CC1. The standard InChI is InChI=1S/C13H16BrN3O/c14-9-5-11(12(15)16-6-9)13(18)17(10-3-4-10)7-8-1-2-8/h5-6,8,10H,1-4,7H2,(H2,15,16). The number of amides is 1. The number of nitrogen functional groups attached to an aromatic ring is 1. The first kappa shape index (κ1) is 12.0. The quantitative estimate of drug-likeness (QED) is 0.929. The van der Waals surface area contributed by atoms with Crippen molar-refractivity contribution in [1.82, 2.24) is 9.88 Å². The first-order valence-corrected chi connectivity index (χ1v) is 7.16. The van der Waals surface area contributed by atoms with Gasteiger partial charge in [0.1, 0.15) is 5.82 Å². The van der Waals surface area contributed by atoms with Crippen LogP contribution in [-0.4, -0.2) is 28.4 Å². The van der Waals surface area contributed by atoms with Crippen LogP contribution in [0, 0.1) is 5.92 Å². The van der Waals surface area contributed by atoms with Crippen LogP contribution >= 0.6 is 15.9 Å². The monoisotopic (exact) mass is 309 g/mol. The number of nitrogens with zero attached hydrogens (tertiary/aromatic N) is 2. The predicted octanol–water partition coefficient (Wildman–Crippen LogP) is 2.44. The van der Waals surface area contributed by atoms with Crippen LogP contribution in [0.25, 0.3) is 0 Å². The Balaban J connectivity index is 1.83. The third-order valence-electron chi connectivity index (χ3n) is 3.52. The Kier molecular flexibility index (Phi) is 3.01. The molecule has 1 amide bonds. The van der Waals surface area contributed by atoms with E-state index in [1.807, 2.05) is 4.90 Å². The molecule has 18 heavy (non-hydrogen) atoms. The second-order valence-corrected chi connectivity index (χ2v) is 6.13. The third kappa shape index (κ3) is 2.51. The van der Waals surface area contributed by atoms with Gasteiger partial charge in [-0.15, -0.1) is 0 Å². The molecule has 0 bridgehead atoms. The maximum atomic E-state index is 12.5. The lowest BCUT2D eigenvalue weighted by molar-refractivity contribution is 0.0735. The van der Waals surface area contributed by atoms with E-state index in [2.05, 4.69) is 20.9 Å². The lowest BCUT2D eigenvalue weighted by Gasteiger charge is -2.22. The van der Waals surface area contributed by atoms with Gasteiger partial charge >= 0.3 is 0 Å². The van der Waals surface area contributed by atoms with Crippen molar-refractivity contribution in [2.45, 2.75) is 31.7 Å². The Hall–Kier alpha value is -1.10. The summed E-state index contributed by atoms with van der Waals surface area (Å²) in [6, 6.07) is 2.20. The Morgan fingerprint density at radius 3 is 2.78 bits per heavy atom. The van der Waals surface area contributed by atoms with Gasteiger partial charge in [-0.05, 0) is 53.6 Å². The molecular weight excluding hydrogens is 294 g/mol.